The van der Waals surface area contributed by atoms with Crippen LogP contribution in [0.2, 0.25) is 0 Å². The first-order chi connectivity index (χ1) is 39.0. The Bertz CT molecular complexity index is 4150. The van der Waals surface area contributed by atoms with Crippen LogP contribution in [-0.4, -0.2) is 116 Å². The average molecular weight is 1110 g/mol. The normalized spacial score (nSPS) is 11.7. The lowest BCUT2D eigenvalue weighted by atomic mass is 10.1. The number of nitrogens with one attached hydrogen (secondary N) is 2. The Hall–Kier alpha value is -11.4. The second-order valence-corrected chi connectivity index (χ2v) is 19.6. The lowest BCUT2D eigenvalue weighted by Gasteiger charge is -2.09. The van der Waals surface area contributed by atoms with Gasteiger partial charge in [-0.2, -0.15) is 59.7 Å². The summed E-state index contributed by atoms with van der Waals surface area (Å²) >= 11 is 0. The number of rotatable bonds is 20. The van der Waals surface area contributed by atoms with Gasteiger partial charge < -0.3 is 42.5 Å². The van der Waals surface area contributed by atoms with Gasteiger partial charge in [-0.25, -0.2) is 27.4 Å². The molecule has 10 N–H and O–H groups in total. The summed E-state index contributed by atoms with van der Waals surface area (Å²) in [5.41, 5.74) is 15.5. The molecule has 6 heterocycles. The standard InChI is InChI=1S/C50H44N22O8S/c1-27-37(39(51)71(67-27)48-58-46(60-50(78)62-48)56-33-23-30(43(73)74)22-31(24-33)44(75)76)63-65-41-29(25-53-69(41)34-17-8-4-9-18-34)14-12-13-21-81(79,80)36-26-54-70(35-19-10-5-11-20-35)42(36)66-64-38-28(2)68-72(40(38)52)47-57-45(59-49(77)61-47)55-32-15-6-3-7-16-32/h3-11,15-20,22-26H,12-14,21,51-52H2,1-2H3,(H,73,74)(H,75,76)(H2,55,57,59,61,77)(H2,56,58,60,62,78)/b65-63+,66-64+. The van der Waals surface area contributed by atoms with Crippen LogP contribution in [-0.2, 0) is 16.3 Å². The van der Waals surface area contributed by atoms with E-state index in [1.54, 1.807) is 67.2 Å². The zero-order valence-electron chi connectivity index (χ0n) is 42.4. The molecular weight excluding hydrogens is 1070 g/mol. The van der Waals surface area contributed by atoms with Crippen molar-refractivity contribution in [1.82, 2.24) is 69.0 Å². The lowest BCUT2D eigenvalue weighted by Crippen LogP contribution is -2.10. The van der Waals surface area contributed by atoms with E-state index in [1.807, 2.05) is 48.5 Å². The van der Waals surface area contributed by atoms with Gasteiger partial charge in [-0.05, 0) is 87.7 Å². The summed E-state index contributed by atoms with van der Waals surface area (Å²) in [5, 5.41) is 81.4. The molecule has 0 unspecified atom stereocenters. The number of anilines is 6. The van der Waals surface area contributed by atoms with Crippen molar-refractivity contribution in [3.63, 3.8) is 0 Å². The van der Waals surface area contributed by atoms with Gasteiger partial charge in [0.05, 0.1) is 52.0 Å². The van der Waals surface area contributed by atoms with Crippen molar-refractivity contribution in [2.45, 2.75) is 38.0 Å². The highest BCUT2D eigenvalue weighted by atomic mass is 32.2. The number of carbonyl (C=O) groups is 2. The quantitative estimate of drug-likeness (QED) is 0.0270. The fourth-order valence-corrected chi connectivity index (χ4v) is 9.50. The van der Waals surface area contributed by atoms with E-state index in [9.17, 15) is 38.4 Å². The number of para-hydroxylation sites is 3. The van der Waals surface area contributed by atoms with E-state index in [2.05, 4.69) is 81.4 Å². The molecule has 30 nitrogen and oxygen atoms in total. The number of carboxylic acid groups (broad SMARTS) is 2. The number of unbranched alkanes of at least 4 members (excludes halogenated alkanes) is 1. The molecule has 10 rings (SSSR count). The zero-order valence-corrected chi connectivity index (χ0v) is 43.2. The molecule has 81 heavy (non-hydrogen) atoms. The highest BCUT2D eigenvalue weighted by molar-refractivity contribution is 7.91. The number of hydrogen-bond donors (Lipinski definition) is 8. The molecule has 0 atom stereocenters. The Labute approximate surface area is 456 Å². The highest BCUT2D eigenvalue weighted by Crippen LogP contribution is 2.36. The molecule has 0 saturated carbocycles. The summed E-state index contributed by atoms with van der Waals surface area (Å²) in [6.45, 7) is 3.20. The van der Waals surface area contributed by atoms with Crippen LogP contribution in [0.15, 0.2) is 147 Å². The van der Waals surface area contributed by atoms with Crippen LogP contribution in [0.3, 0.4) is 0 Å². The fourth-order valence-electron chi connectivity index (χ4n) is 8.09. The number of sulfone groups is 1. The van der Waals surface area contributed by atoms with Crippen LogP contribution in [0.1, 0.15) is 50.5 Å². The molecule has 0 bridgehead atoms. The minimum Gasteiger partial charge on any atom is -0.479 e. The number of nitrogens with zero attached hydrogens (tertiary/aromatic N) is 18. The lowest BCUT2D eigenvalue weighted by molar-refractivity contribution is 0.0696. The highest BCUT2D eigenvalue weighted by Gasteiger charge is 2.27. The number of nitrogens with two attached hydrogens (primary N) is 2. The monoisotopic (exact) mass is 1110 g/mol. The molecule has 0 spiro atoms. The number of carboxylic acids is 2. The third-order valence-electron chi connectivity index (χ3n) is 11.9. The summed E-state index contributed by atoms with van der Waals surface area (Å²) in [6, 6.07) is 28.8. The minimum absolute atomic E-state index is 0.0120. The van der Waals surface area contributed by atoms with Crippen molar-refractivity contribution in [2.75, 3.05) is 27.9 Å². The fraction of sp³-hybridized carbons (Fsp3) is 0.120. The van der Waals surface area contributed by atoms with E-state index in [1.165, 1.54) is 10.9 Å². The first kappa shape index (κ1) is 53.0. The van der Waals surface area contributed by atoms with Crippen LogP contribution in [0.4, 0.5) is 57.9 Å². The van der Waals surface area contributed by atoms with Crippen molar-refractivity contribution in [3.8, 4) is 35.3 Å². The first-order valence-electron chi connectivity index (χ1n) is 24.1. The number of benzene rings is 4. The predicted octanol–water partition coefficient (Wildman–Crippen LogP) is 7.50. The Kier molecular flexibility index (Phi) is 14.6. The van der Waals surface area contributed by atoms with Crippen molar-refractivity contribution >= 4 is 79.7 Å². The van der Waals surface area contributed by atoms with Crippen molar-refractivity contribution in [1.29, 1.82) is 0 Å². The van der Waals surface area contributed by atoms with Crippen LogP contribution >= 0.6 is 0 Å². The Morgan fingerprint density at radius 2 is 1.04 bits per heavy atom. The van der Waals surface area contributed by atoms with Gasteiger partial charge in [0.15, 0.2) is 44.5 Å². The van der Waals surface area contributed by atoms with Gasteiger partial charge in [0.1, 0.15) is 4.90 Å². The van der Waals surface area contributed by atoms with Crippen molar-refractivity contribution in [3.05, 3.63) is 150 Å². The topological polar surface area (TPSA) is 423 Å². The number of nitrogen functional groups attached to an aromatic ring is 2. The SMILES string of the molecule is Cc1nn(-c2nc(O)nc(Nc3cc(C(=O)O)cc(C(=O)O)c3)n2)c(N)c1/N=N/c1c(CCCCS(=O)(=O)c2cnn(-c3ccccc3)c2/N=N/c2c(C)nn(-c3nc(O)nc(Nc4ccccc4)n3)c2N)cnn1-c1ccccc1. The largest absolute Gasteiger partial charge is 0.479 e. The molecule has 0 aliphatic carbocycles. The summed E-state index contributed by atoms with van der Waals surface area (Å²) in [5.74, 6) is -3.78. The van der Waals surface area contributed by atoms with E-state index < -0.39 is 33.8 Å². The molecule has 0 radical (unpaired) electrons. The van der Waals surface area contributed by atoms with E-state index >= 15 is 0 Å². The molecule has 408 valence electrons. The number of aromatic carboxylic acids is 2. The zero-order chi connectivity index (χ0) is 57.0. The molecule has 31 heteroatoms. The molecule has 6 aromatic heterocycles. The Morgan fingerprint density at radius 1 is 0.568 bits per heavy atom. The number of aryl methyl sites for hydroxylation is 3. The van der Waals surface area contributed by atoms with Crippen LogP contribution < -0.4 is 22.1 Å². The maximum absolute atomic E-state index is 14.3. The average Bonchev–Trinajstić information content (AvgIpc) is 4.29. The number of aromatic hydroxyl groups is 2. The molecular formula is C50H44N22O8S. The van der Waals surface area contributed by atoms with E-state index in [0.717, 1.165) is 27.6 Å². The number of azo groups is 2. The summed E-state index contributed by atoms with van der Waals surface area (Å²) < 4.78 is 33.8. The van der Waals surface area contributed by atoms with Crippen LogP contribution in [0.5, 0.6) is 12.0 Å². The van der Waals surface area contributed by atoms with E-state index in [-0.39, 0.29) is 97.9 Å². The molecule has 10 aromatic rings. The van der Waals surface area contributed by atoms with Crippen LogP contribution in [0.25, 0.3) is 23.3 Å². The molecule has 0 aliphatic heterocycles. The minimum atomic E-state index is -4.10. The molecule has 0 amide bonds. The molecule has 0 aliphatic rings. The van der Waals surface area contributed by atoms with Gasteiger partial charge in [0.2, 0.25) is 11.9 Å². The van der Waals surface area contributed by atoms with Gasteiger partial charge >= 0.3 is 24.0 Å². The number of hydrogen-bond acceptors (Lipinski definition) is 24. The van der Waals surface area contributed by atoms with Gasteiger partial charge in [0, 0.05) is 16.9 Å². The maximum Gasteiger partial charge on any atom is 0.335 e. The summed E-state index contributed by atoms with van der Waals surface area (Å²) in [7, 11) is -4.10. The predicted molar refractivity (Wildman–Crippen MR) is 289 cm³/mol. The molecule has 0 saturated heterocycles. The smallest absolute Gasteiger partial charge is 0.335 e. The van der Waals surface area contributed by atoms with Crippen molar-refractivity contribution in [2.24, 2.45) is 20.5 Å². The number of aromatic nitrogens is 14. The van der Waals surface area contributed by atoms with Gasteiger partial charge in [-0.3, -0.25) is 0 Å². The Balaban J connectivity index is 0.884. The third-order valence-corrected chi connectivity index (χ3v) is 13.7. The first-order valence-corrected chi connectivity index (χ1v) is 25.8. The summed E-state index contributed by atoms with van der Waals surface area (Å²) in [4.78, 5) is 47.6. The second-order valence-electron chi connectivity index (χ2n) is 17.5. The maximum atomic E-state index is 14.3. The molecule has 4 aromatic carbocycles. The molecule has 0 fully saturated rings. The summed E-state index contributed by atoms with van der Waals surface area (Å²) in [6.07, 6.45) is 3.62. The van der Waals surface area contributed by atoms with E-state index in [0.29, 0.717) is 41.3 Å². The third kappa shape index (κ3) is 11.5. The van der Waals surface area contributed by atoms with Gasteiger partial charge in [-0.15, -0.1) is 20.5 Å². The second kappa shape index (κ2) is 22.3. The Morgan fingerprint density at radius 3 is 1.56 bits per heavy atom. The van der Waals surface area contributed by atoms with Crippen LogP contribution in [0, 0.1) is 13.8 Å². The van der Waals surface area contributed by atoms with Gasteiger partial charge in [0.25, 0.3) is 11.9 Å². The van der Waals surface area contributed by atoms with E-state index in [4.69, 9.17) is 11.5 Å². The van der Waals surface area contributed by atoms with Crippen molar-refractivity contribution < 1.29 is 38.4 Å². The van der Waals surface area contributed by atoms with Gasteiger partial charge in [-0.1, -0.05) is 54.6 Å².